The summed E-state index contributed by atoms with van der Waals surface area (Å²) in [5, 5.41) is 12.5. The highest BCUT2D eigenvalue weighted by molar-refractivity contribution is 5.93. The van der Waals surface area contributed by atoms with E-state index in [0.29, 0.717) is 11.4 Å². The number of aryl methyl sites for hydroxylation is 2. The van der Waals surface area contributed by atoms with Crippen molar-refractivity contribution in [2.45, 2.75) is 32.1 Å². The summed E-state index contributed by atoms with van der Waals surface area (Å²) in [6.45, 7) is 1.81. The Labute approximate surface area is 120 Å². The van der Waals surface area contributed by atoms with Crippen LogP contribution < -0.4 is 5.32 Å². The summed E-state index contributed by atoms with van der Waals surface area (Å²) in [5.74, 6) is -0.369. The minimum absolute atomic E-state index is 0.304. The SMILES string of the molecule is CN(C)CCCCNc1nc2c(cc1C(=O)O)CCC2. The number of hydrogen-bond acceptors (Lipinski definition) is 4. The average molecular weight is 277 g/mol. The van der Waals surface area contributed by atoms with Crippen LogP contribution in [0.25, 0.3) is 0 Å². The zero-order chi connectivity index (χ0) is 14.5. The van der Waals surface area contributed by atoms with Gasteiger partial charge < -0.3 is 15.3 Å². The van der Waals surface area contributed by atoms with Gasteiger partial charge in [0.15, 0.2) is 0 Å². The largest absolute Gasteiger partial charge is 0.478 e. The van der Waals surface area contributed by atoms with E-state index in [0.717, 1.165) is 56.5 Å². The maximum atomic E-state index is 11.3. The molecule has 20 heavy (non-hydrogen) atoms. The number of aromatic nitrogens is 1. The summed E-state index contributed by atoms with van der Waals surface area (Å²) in [6.07, 6.45) is 5.09. The zero-order valence-electron chi connectivity index (χ0n) is 12.3. The van der Waals surface area contributed by atoms with Gasteiger partial charge in [-0.3, -0.25) is 0 Å². The van der Waals surface area contributed by atoms with Gasteiger partial charge in [-0.15, -0.1) is 0 Å². The number of carboxylic acids is 1. The van der Waals surface area contributed by atoms with E-state index in [9.17, 15) is 9.90 Å². The number of unbranched alkanes of at least 4 members (excludes halogenated alkanes) is 1. The second-order valence-corrected chi connectivity index (χ2v) is 5.59. The number of aromatic carboxylic acids is 1. The van der Waals surface area contributed by atoms with Crippen molar-refractivity contribution in [2.24, 2.45) is 0 Å². The predicted molar refractivity (Wildman–Crippen MR) is 79.5 cm³/mol. The van der Waals surface area contributed by atoms with Crippen LogP contribution in [0.1, 0.15) is 40.9 Å². The van der Waals surface area contributed by atoms with Crippen LogP contribution in [0.4, 0.5) is 5.82 Å². The zero-order valence-corrected chi connectivity index (χ0v) is 12.3. The Kier molecular flexibility index (Phi) is 4.95. The number of pyridine rings is 1. The number of carbonyl (C=O) groups is 1. The maximum Gasteiger partial charge on any atom is 0.339 e. The number of rotatable bonds is 7. The summed E-state index contributed by atoms with van der Waals surface area (Å²) in [5.41, 5.74) is 2.46. The summed E-state index contributed by atoms with van der Waals surface area (Å²) >= 11 is 0. The first-order chi connectivity index (χ1) is 9.58. The number of carboxylic acid groups (broad SMARTS) is 1. The molecule has 5 heteroatoms. The molecular formula is C15H23N3O2. The fraction of sp³-hybridized carbons (Fsp3) is 0.600. The molecule has 0 saturated heterocycles. The van der Waals surface area contributed by atoms with E-state index < -0.39 is 5.97 Å². The third kappa shape index (κ3) is 3.70. The molecular weight excluding hydrogens is 254 g/mol. The molecule has 0 aliphatic heterocycles. The Morgan fingerprint density at radius 1 is 1.40 bits per heavy atom. The van der Waals surface area contributed by atoms with Crippen LogP contribution >= 0.6 is 0 Å². The number of nitrogens with zero attached hydrogens (tertiary/aromatic N) is 2. The molecule has 0 unspecified atom stereocenters. The lowest BCUT2D eigenvalue weighted by Crippen LogP contribution is -2.15. The molecule has 0 amide bonds. The molecule has 1 aliphatic carbocycles. The third-order valence-corrected chi connectivity index (χ3v) is 3.61. The van der Waals surface area contributed by atoms with Crippen molar-refractivity contribution in [2.75, 3.05) is 32.5 Å². The molecule has 0 bridgehead atoms. The van der Waals surface area contributed by atoms with Crippen molar-refractivity contribution in [3.8, 4) is 0 Å². The maximum absolute atomic E-state index is 11.3. The molecule has 0 aromatic carbocycles. The van der Waals surface area contributed by atoms with Gasteiger partial charge in [-0.2, -0.15) is 0 Å². The normalized spacial score (nSPS) is 13.6. The molecule has 110 valence electrons. The van der Waals surface area contributed by atoms with Crippen LogP contribution in [0.2, 0.25) is 0 Å². The van der Waals surface area contributed by atoms with E-state index in [-0.39, 0.29) is 0 Å². The van der Waals surface area contributed by atoms with E-state index >= 15 is 0 Å². The Balaban J connectivity index is 1.98. The molecule has 2 N–H and O–H groups in total. The Hall–Kier alpha value is -1.62. The van der Waals surface area contributed by atoms with E-state index in [1.54, 1.807) is 6.07 Å². The average Bonchev–Trinajstić information content (AvgIpc) is 2.83. The monoisotopic (exact) mass is 277 g/mol. The Morgan fingerprint density at radius 3 is 2.90 bits per heavy atom. The van der Waals surface area contributed by atoms with Gasteiger partial charge >= 0.3 is 5.97 Å². The lowest BCUT2D eigenvalue weighted by Gasteiger charge is -2.12. The van der Waals surface area contributed by atoms with Crippen molar-refractivity contribution in [1.29, 1.82) is 0 Å². The first-order valence-corrected chi connectivity index (χ1v) is 7.22. The van der Waals surface area contributed by atoms with Gasteiger partial charge in [0.2, 0.25) is 0 Å². The standard InChI is InChI=1S/C15H23N3O2/c1-18(2)9-4-3-8-16-14-12(15(19)20)10-11-6-5-7-13(11)17-14/h10H,3-9H2,1-2H3,(H,16,17)(H,19,20). The molecule has 1 aliphatic rings. The van der Waals surface area contributed by atoms with E-state index in [4.69, 9.17) is 0 Å². The Morgan fingerprint density at radius 2 is 2.20 bits per heavy atom. The molecule has 1 heterocycles. The molecule has 0 saturated carbocycles. The minimum atomic E-state index is -0.900. The fourth-order valence-corrected chi connectivity index (χ4v) is 2.53. The van der Waals surface area contributed by atoms with E-state index in [1.165, 1.54) is 0 Å². The van der Waals surface area contributed by atoms with Gasteiger partial charge in [-0.25, -0.2) is 9.78 Å². The summed E-state index contributed by atoms with van der Waals surface area (Å²) < 4.78 is 0. The van der Waals surface area contributed by atoms with E-state index in [1.807, 2.05) is 0 Å². The van der Waals surface area contributed by atoms with Gasteiger partial charge in [-0.1, -0.05) is 0 Å². The lowest BCUT2D eigenvalue weighted by atomic mass is 10.1. The summed E-state index contributed by atoms with van der Waals surface area (Å²) in [6, 6.07) is 1.79. The second kappa shape index (κ2) is 6.70. The molecule has 1 aromatic rings. The quantitative estimate of drug-likeness (QED) is 0.746. The van der Waals surface area contributed by atoms with Gasteiger partial charge in [0.25, 0.3) is 0 Å². The van der Waals surface area contributed by atoms with Gasteiger partial charge in [0, 0.05) is 12.2 Å². The molecule has 0 fully saturated rings. The molecule has 0 radical (unpaired) electrons. The fourth-order valence-electron chi connectivity index (χ4n) is 2.53. The smallest absolute Gasteiger partial charge is 0.339 e. The van der Waals surface area contributed by atoms with Crippen LogP contribution in [-0.4, -0.2) is 48.1 Å². The number of fused-ring (bicyclic) bond motifs is 1. The highest BCUT2D eigenvalue weighted by Gasteiger charge is 2.19. The molecule has 5 nitrogen and oxygen atoms in total. The van der Waals surface area contributed by atoms with E-state index in [2.05, 4.69) is 29.3 Å². The minimum Gasteiger partial charge on any atom is -0.478 e. The highest BCUT2D eigenvalue weighted by atomic mass is 16.4. The third-order valence-electron chi connectivity index (χ3n) is 3.61. The summed E-state index contributed by atoms with van der Waals surface area (Å²) in [7, 11) is 4.11. The number of anilines is 1. The molecule has 0 spiro atoms. The van der Waals surface area contributed by atoms with Crippen molar-refractivity contribution < 1.29 is 9.90 Å². The molecule has 1 aromatic heterocycles. The molecule has 0 atom stereocenters. The van der Waals surface area contributed by atoms with Crippen molar-refractivity contribution >= 4 is 11.8 Å². The lowest BCUT2D eigenvalue weighted by molar-refractivity contribution is 0.0697. The molecule has 2 rings (SSSR count). The van der Waals surface area contributed by atoms with Gasteiger partial charge in [0.05, 0.1) is 0 Å². The number of hydrogen-bond donors (Lipinski definition) is 2. The van der Waals surface area contributed by atoms with Crippen molar-refractivity contribution in [3.63, 3.8) is 0 Å². The van der Waals surface area contributed by atoms with Gasteiger partial charge in [-0.05, 0) is 64.4 Å². The highest BCUT2D eigenvalue weighted by Crippen LogP contribution is 2.25. The number of nitrogens with one attached hydrogen (secondary N) is 1. The van der Waals surface area contributed by atoms with Crippen molar-refractivity contribution in [3.05, 3.63) is 22.9 Å². The first-order valence-electron chi connectivity index (χ1n) is 7.22. The topological polar surface area (TPSA) is 65.5 Å². The van der Waals surface area contributed by atoms with Crippen LogP contribution in [0.15, 0.2) is 6.07 Å². The first kappa shape index (κ1) is 14.8. The summed E-state index contributed by atoms with van der Waals surface area (Å²) in [4.78, 5) is 18.0. The predicted octanol–water partition coefficient (Wildman–Crippen LogP) is 2.02. The van der Waals surface area contributed by atoms with Crippen LogP contribution in [0.3, 0.4) is 0 Å². The van der Waals surface area contributed by atoms with Crippen LogP contribution in [0.5, 0.6) is 0 Å². The van der Waals surface area contributed by atoms with Crippen LogP contribution in [-0.2, 0) is 12.8 Å². The van der Waals surface area contributed by atoms with Crippen molar-refractivity contribution in [1.82, 2.24) is 9.88 Å². The second-order valence-electron chi connectivity index (χ2n) is 5.59. The van der Waals surface area contributed by atoms with Gasteiger partial charge in [0.1, 0.15) is 11.4 Å². The Bertz CT molecular complexity index is 486. The van der Waals surface area contributed by atoms with Crippen LogP contribution in [0, 0.1) is 0 Å².